The Morgan fingerprint density at radius 3 is 2.21 bits per heavy atom. The van der Waals surface area contributed by atoms with Crippen LogP contribution in [0.4, 0.5) is 4.39 Å². The van der Waals surface area contributed by atoms with E-state index >= 15 is 0 Å². The lowest BCUT2D eigenvalue weighted by Crippen LogP contribution is -2.05. The van der Waals surface area contributed by atoms with Crippen molar-refractivity contribution in [3.63, 3.8) is 0 Å². The summed E-state index contributed by atoms with van der Waals surface area (Å²) in [5.41, 5.74) is 4.68. The molecule has 0 bridgehead atoms. The molecule has 1 atom stereocenters. The summed E-state index contributed by atoms with van der Waals surface area (Å²) in [4.78, 5) is 0. The normalized spacial score (nSPS) is 12.5. The van der Waals surface area contributed by atoms with Crippen LogP contribution < -0.4 is 0 Å². The van der Waals surface area contributed by atoms with Gasteiger partial charge in [-0.1, -0.05) is 47.0 Å². The number of aryl methyl sites for hydroxylation is 3. The van der Waals surface area contributed by atoms with Gasteiger partial charge in [0.05, 0.1) is 6.10 Å². The molecule has 0 amide bonds. The first-order valence-corrected chi connectivity index (χ1v) is 6.47. The Kier molecular flexibility index (Phi) is 4.01. The predicted octanol–water partition coefficient (Wildman–Crippen LogP) is 4.03. The van der Waals surface area contributed by atoms with E-state index in [2.05, 4.69) is 6.07 Å². The Labute approximate surface area is 113 Å². The highest BCUT2D eigenvalue weighted by Crippen LogP contribution is 2.23. The molecule has 0 aliphatic carbocycles. The molecule has 0 aliphatic heterocycles. The second-order valence-corrected chi connectivity index (χ2v) is 5.24. The second kappa shape index (κ2) is 5.54. The minimum absolute atomic E-state index is 0.345. The van der Waals surface area contributed by atoms with E-state index in [0.717, 1.165) is 22.3 Å². The van der Waals surface area contributed by atoms with Crippen LogP contribution >= 0.6 is 0 Å². The zero-order chi connectivity index (χ0) is 14.0. The van der Waals surface area contributed by atoms with Gasteiger partial charge < -0.3 is 5.11 Å². The summed E-state index contributed by atoms with van der Waals surface area (Å²) >= 11 is 0. The Balaban J connectivity index is 2.25. The molecule has 1 N–H and O–H groups in total. The van der Waals surface area contributed by atoms with Crippen molar-refractivity contribution < 1.29 is 9.50 Å². The molecule has 1 unspecified atom stereocenters. The van der Waals surface area contributed by atoms with Gasteiger partial charge in [0.25, 0.3) is 0 Å². The molecule has 0 aliphatic rings. The standard InChI is InChI=1S/C17H19FO/c1-11-4-5-16(18)15(9-11)17(19)10-14-7-12(2)6-13(3)8-14/h4-9,17,19H,10H2,1-3H3. The molecule has 0 saturated carbocycles. The van der Waals surface area contributed by atoms with Crippen LogP contribution in [0.1, 0.15) is 33.9 Å². The number of hydrogen-bond donors (Lipinski definition) is 1. The molecular formula is C17H19FO. The van der Waals surface area contributed by atoms with Crippen molar-refractivity contribution in [2.75, 3.05) is 0 Å². The van der Waals surface area contributed by atoms with Crippen LogP contribution in [0.3, 0.4) is 0 Å². The minimum Gasteiger partial charge on any atom is -0.388 e. The van der Waals surface area contributed by atoms with Crippen LogP contribution in [0.2, 0.25) is 0 Å². The molecular weight excluding hydrogens is 239 g/mol. The van der Waals surface area contributed by atoms with Gasteiger partial charge in [0.1, 0.15) is 5.82 Å². The molecule has 0 heterocycles. The number of benzene rings is 2. The first kappa shape index (κ1) is 13.8. The van der Waals surface area contributed by atoms with Gasteiger partial charge in [0.15, 0.2) is 0 Å². The Hall–Kier alpha value is -1.67. The van der Waals surface area contributed by atoms with Crippen molar-refractivity contribution in [2.45, 2.75) is 33.3 Å². The van der Waals surface area contributed by atoms with E-state index in [1.807, 2.05) is 32.9 Å². The smallest absolute Gasteiger partial charge is 0.129 e. The number of halogens is 1. The molecule has 19 heavy (non-hydrogen) atoms. The summed E-state index contributed by atoms with van der Waals surface area (Å²) in [5, 5.41) is 10.2. The SMILES string of the molecule is Cc1cc(C)cc(CC(O)c2cc(C)ccc2F)c1. The highest BCUT2D eigenvalue weighted by molar-refractivity contribution is 5.31. The van der Waals surface area contributed by atoms with Gasteiger partial charge in [-0.05, 0) is 32.4 Å². The van der Waals surface area contributed by atoms with E-state index in [1.165, 1.54) is 6.07 Å². The molecule has 2 aromatic rings. The maximum absolute atomic E-state index is 13.7. The minimum atomic E-state index is -0.805. The first-order valence-electron chi connectivity index (χ1n) is 6.47. The third-order valence-electron chi connectivity index (χ3n) is 3.22. The Morgan fingerprint density at radius 1 is 0.947 bits per heavy atom. The first-order chi connectivity index (χ1) is 8.95. The zero-order valence-corrected chi connectivity index (χ0v) is 11.6. The molecule has 0 spiro atoms. The van der Waals surface area contributed by atoms with Crippen LogP contribution in [0, 0.1) is 26.6 Å². The molecule has 0 fully saturated rings. The molecule has 2 rings (SSSR count). The lowest BCUT2D eigenvalue weighted by atomic mass is 9.97. The van der Waals surface area contributed by atoms with Crippen molar-refractivity contribution in [2.24, 2.45) is 0 Å². The van der Waals surface area contributed by atoms with Crippen LogP contribution in [-0.4, -0.2) is 5.11 Å². The van der Waals surface area contributed by atoms with Crippen molar-refractivity contribution in [3.8, 4) is 0 Å². The maximum Gasteiger partial charge on any atom is 0.129 e. The summed E-state index contributed by atoms with van der Waals surface area (Å²) in [5.74, 6) is -0.345. The summed E-state index contributed by atoms with van der Waals surface area (Å²) < 4.78 is 13.7. The molecule has 0 radical (unpaired) electrons. The topological polar surface area (TPSA) is 20.2 Å². The summed E-state index contributed by atoms with van der Waals surface area (Å²) in [6.07, 6.45) is -0.371. The third kappa shape index (κ3) is 3.42. The third-order valence-corrected chi connectivity index (χ3v) is 3.22. The largest absolute Gasteiger partial charge is 0.388 e. The van der Waals surface area contributed by atoms with E-state index in [4.69, 9.17) is 0 Å². The van der Waals surface area contributed by atoms with Crippen LogP contribution in [0.5, 0.6) is 0 Å². The van der Waals surface area contributed by atoms with Gasteiger partial charge in [-0.15, -0.1) is 0 Å². The van der Waals surface area contributed by atoms with Gasteiger partial charge >= 0.3 is 0 Å². The van der Waals surface area contributed by atoms with E-state index in [0.29, 0.717) is 12.0 Å². The summed E-state index contributed by atoms with van der Waals surface area (Å²) in [6, 6.07) is 11.0. The van der Waals surface area contributed by atoms with Gasteiger partial charge in [-0.3, -0.25) is 0 Å². The lowest BCUT2D eigenvalue weighted by molar-refractivity contribution is 0.173. The number of hydrogen-bond acceptors (Lipinski definition) is 1. The van der Waals surface area contributed by atoms with Gasteiger partial charge in [0, 0.05) is 12.0 Å². The summed E-state index contributed by atoms with van der Waals surface area (Å²) in [7, 11) is 0. The average molecular weight is 258 g/mol. The number of aliphatic hydroxyl groups is 1. The number of aliphatic hydroxyl groups excluding tert-OH is 1. The van der Waals surface area contributed by atoms with E-state index in [9.17, 15) is 9.50 Å². The average Bonchev–Trinajstić information content (AvgIpc) is 2.30. The lowest BCUT2D eigenvalue weighted by Gasteiger charge is -2.14. The molecule has 0 saturated heterocycles. The Bertz CT molecular complexity index is 570. The quantitative estimate of drug-likeness (QED) is 0.881. The number of rotatable bonds is 3. The molecule has 2 heteroatoms. The summed E-state index contributed by atoms with van der Waals surface area (Å²) in [6.45, 7) is 5.94. The monoisotopic (exact) mass is 258 g/mol. The zero-order valence-electron chi connectivity index (χ0n) is 11.6. The van der Waals surface area contributed by atoms with Gasteiger partial charge in [-0.2, -0.15) is 0 Å². The fraction of sp³-hybridized carbons (Fsp3) is 0.294. The highest BCUT2D eigenvalue weighted by Gasteiger charge is 2.14. The van der Waals surface area contributed by atoms with Gasteiger partial charge in [-0.25, -0.2) is 4.39 Å². The predicted molar refractivity (Wildman–Crippen MR) is 75.7 cm³/mol. The van der Waals surface area contributed by atoms with Crippen molar-refractivity contribution >= 4 is 0 Å². The highest BCUT2D eigenvalue weighted by atomic mass is 19.1. The fourth-order valence-corrected chi connectivity index (χ4v) is 2.44. The van der Waals surface area contributed by atoms with Crippen molar-refractivity contribution in [1.82, 2.24) is 0 Å². The van der Waals surface area contributed by atoms with Crippen LogP contribution in [0.15, 0.2) is 36.4 Å². The molecule has 100 valence electrons. The second-order valence-electron chi connectivity index (χ2n) is 5.24. The Morgan fingerprint density at radius 2 is 1.58 bits per heavy atom. The maximum atomic E-state index is 13.7. The molecule has 1 nitrogen and oxygen atoms in total. The molecule has 0 aromatic heterocycles. The molecule has 2 aromatic carbocycles. The van der Waals surface area contributed by atoms with Crippen molar-refractivity contribution in [1.29, 1.82) is 0 Å². The van der Waals surface area contributed by atoms with Crippen LogP contribution in [0.25, 0.3) is 0 Å². The van der Waals surface area contributed by atoms with Crippen molar-refractivity contribution in [3.05, 3.63) is 70.0 Å². The van der Waals surface area contributed by atoms with E-state index in [1.54, 1.807) is 12.1 Å². The van der Waals surface area contributed by atoms with E-state index in [-0.39, 0.29) is 5.82 Å². The van der Waals surface area contributed by atoms with E-state index < -0.39 is 6.10 Å². The van der Waals surface area contributed by atoms with Gasteiger partial charge in [0.2, 0.25) is 0 Å². The fourth-order valence-electron chi connectivity index (χ4n) is 2.44. The van der Waals surface area contributed by atoms with Crippen LogP contribution in [-0.2, 0) is 6.42 Å².